The van der Waals surface area contributed by atoms with E-state index in [2.05, 4.69) is 42.3 Å². The van der Waals surface area contributed by atoms with Crippen LogP contribution in [0.1, 0.15) is 25.1 Å². The molecule has 2 N–H and O–H groups in total. The Morgan fingerprint density at radius 2 is 2.05 bits per heavy atom. The zero-order valence-corrected chi connectivity index (χ0v) is 13.6. The molecule has 0 fully saturated rings. The van der Waals surface area contributed by atoms with Gasteiger partial charge in [0.2, 0.25) is 5.91 Å². The van der Waals surface area contributed by atoms with E-state index < -0.39 is 0 Å². The van der Waals surface area contributed by atoms with E-state index in [1.165, 1.54) is 16.6 Å². The Morgan fingerprint density at radius 3 is 2.67 bits per heavy atom. The minimum Gasteiger partial charge on any atom is -0.358 e. The molecule has 0 unspecified atom stereocenters. The molecule has 0 spiro atoms. The highest BCUT2D eigenvalue weighted by atomic mass is 16.1. The van der Waals surface area contributed by atoms with Crippen molar-refractivity contribution in [3.8, 4) is 0 Å². The lowest BCUT2D eigenvalue weighted by Gasteiger charge is -2.10. The minimum absolute atomic E-state index is 0.0122. The molecule has 4 nitrogen and oxygen atoms in total. The van der Waals surface area contributed by atoms with E-state index >= 15 is 0 Å². The number of hydrogen-bond donors (Lipinski definition) is 2. The summed E-state index contributed by atoms with van der Waals surface area (Å²) in [6.45, 7) is 6.92. The van der Waals surface area contributed by atoms with Crippen molar-refractivity contribution < 1.29 is 4.79 Å². The van der Waals surface area contributed by atoms with Gasteiger partial charge in [-0.25, -0.2) is 0 Å². The van der Waals surface area contributed by atoms with Crippen LogP contribution >= 0.6 is 0 Å². The standard InChI is InChI=1S/C17H25N3O/c1-11(2)17(21)19-13-6-7-16-15(10-13)14(12(3)18-16)8-9-20(4)5/h6-7,10-11,18H,8-9H2,1-5H3,(H,19,21). The Balaban J connectivity index is 2.31. The molecule has 1 heterocycles. The number of anilines is 1. The number of fused-ring (bicyclic) bond motifs is 1. The van der Waals surface area contributed by atoms with E-state index in [-0.39, 0.29) is 11.8 Å². The minimum atomic E-state index is -0.0122. The Hall–Kier alpha value is -1.81. The number of nitrogens with zero attached hydrogens (tertiary/aromatic N) is 1. The van der Waals surface area contributed by atoms with Crippen LogP contribution in [0.15, 0.2) is 18.2 Å². The number of benzene rings is 1. The van der Waals surface area contributed by atoms with Crippen LogP contribution in [0.2, 0.25) is 0 Å². The number of carbonyl (C=O) groups is 1. The smallest absolute Gasteiger partial charge is 0.226 e. The fourth-order valence-corrected chi connectivity index (χ4v) is 2.40. The van der Waals surface area contributed by atoms with Gasteiger partial charge in [0.1, 0.15) is 0 Å². The lowest BCUT2D eigenvalue weighted by atomic mass is 10.1. The Kier molecular flexibility index (Phi) is 4.68. The fraction of sp³-hybridized carbons (Fsp3) is 0.471. The van der Waals surface area contributed by atoms with Crippen molar-refractivity contribution in [1.29, 1.82) is 0 Å². The maximum atomic E-state index is 11.8. The summed E-state index contributed by atoms with van der Waals surface area (Å²) in [5, 5.41) is 4.18. The van der Waals surface area contributed by atoms with Gasteiger partial charge < -0.3 is 15.2 Å². The second kappa shape index (κ2) is 6.31. The molecule has 0 aliphatic rings. The zero-order valence-electron chi connectivity index (χ0n) is 13.6. The molecule has 1 aromatic heterocycles. The van der Waals surface area contributed by atoms with E-state index in [9.17, 15) is 4.79 Å². The third-order valence-corrected chi connectivity index (χ3v) is 3.72. The molecule has 0 atom stereocenters. The molecular weight excluding hydrogens is 262 g/mol. The second-order valence-corrected chi connectivity index (χ2v) is 6.19. The Labute approximate surface area is 126 Å². The molecule has 1 amide bonds. The molecule has 0 bridgehead atoms. The highest BCUT2D eigenvalue weighted by Crippen LogP contribution is 2.26. The summed E-state index contributed by atoms with van der Waals surface area (Å²) in [5.41, 5.74) is 4.54. The quantitative estimate of drug-likeness (QED) is 0.887. The molecule has 2 aromatic rings. The molecule has 4 heteroatoms. The zero-order chi connectivity index (χ0) is 15.6. The predicted molar refractivity (Wildman–Crippen MR) is 88.8 cm³/mol. The summed E-state index contributed by atoms with van der Waals surface area (Å²) in [6.07, 6.45) is 1.00. The number of nitrogens with one attached hydrogen (secondary N) is 2. The van der Waals surface area contributed by atoms with E-state index in [4.69, 9.17) is 0 Å². The van der Waals surface area contributed by atoms with Crippen molar-refractivity contribution in [3.05, 3.63) is 29.5 Å². The van der Waals surface area contributed by atoms with Crippen LogP contribution in [0, 0.1) is 12.8 Å². The molecule has 0 saturated heterocycles. The van der Waals surface area contributed by atoms with Crippen molar-refractivity contribution >= 4 is 22.5 Å². The maximum absolute atomic E-state index is 11.8. The Bertz CT molecular complexity index is 641. The number of aromatic amines is 1. The SMILES string of the molecule is Cc1[nH]c2ccc(NC(=O)C(C)C)cc2c1CCN(C)C. The Morgan fingerprint density at radius 1 is 1.33 bits per heavy atom. The van der Waals surface area contributed by atoms with E-state index in [1.807, 2.05) is 26.0 Å². The van der Waals surface area contributed by atoms with Crippen LogP contribution in [0.25, 0.3) is 10.9 Å². The number of hydrogen-bond acceptors (Lipinski definition) is 2. The fourth-order valence-electron chi connectivity index (χ4n) is 2.40. The molecule has 0 aliphatic heterocycles. The van der Waals surface area contributed by atoms with Crippen LogP contribution in [-0.2, 0) is 11.2 Å². The average Bonchev–Trinajstić information content (AvgIpc) is 2.71. The summed E-state index contributed by atoms with van der Waals surface area (Å²) in [6, 6.07) is 6.07. The van der Waals surface area contributed by atoms with Gasteiger partial charge in [-0.1, -0.05) is 13.8 Å². The number of carbonyl (C=O) groups excluding carboxylic acids is 1. The molecule has 2 rings (SSSR count). The van der Waals surface area contributed by atoms with Gasteiger partial charge in [0.05, 0.1) is 0 Å². The van der Waals surface area contributed by atoms with E-state index in [1.54, 1.807) is 0 Å². The number of H-pyrrole nitrogens is 1. The number of amides is 1. The maximum Gasteiger partial charge on any atom is 0.226 e. The van der Waals surface area contributed by atoms with Gasteiger partial charge in [0, 0.05) is 34.7 Å². The van der Waals surface area contributed by atoms with Crippen molar-refractivity contribution in [2.24, 2.45) is 5.92 Å². The van der Waals surface area contributed by atoms with Crippen LogP contribution < -0.4 is 5.32 Å². The van der Waals surface area contributed by atoms with Crippen LogP contribution in [0.3, 0.4) is 0 Å². The molecule has 0 saturated carbocycles. The van der Waals surface area contributed by atoms with Gasteiger partial charge >= 0.3 is 0 Å². The largest absolute Gasteiger partial charge is 0.358 e. The van der Waals surface area contributed by atoms with E-state index in [0.29, 0.717) is 0 Å². The number of rotatable bonds is 5. The molecule has 0 radical (unpaired) electrons. The van der Waals surface area contributed by atoms with Crippen molar-refractivity contribution in [2.75, 3.05) is 26.0 Å². The third-order valence-electron chi connectivity index (χ3n) is 3.72. The molecule has 0 aliphatic carbocycles. The first-order valence-electron chi connectivity index (χ1n) is 7.45. The third kappa shape index (κ3) is 3.64. The summed E-state index contributed by atoms with van der Waals surface area (Å²) in [4.78, 5) is 17.4. The lowest BCUT2D eigenvalue weighted by molar-refractivity contribution is -0.118. The van der Waals surface area contributed by atoms with Crippen molar-refractivity contribution in [3.63, 3.8) is 0 Å². The van der Waals surface area contributed by atoms with Crippen LogP contribution in [0.4, 0.5) is 5.69 Å². The average molecular weight is 287 g/mol. The summed E-state index contributed by atoms with van der Waals surface area (Å²) in [5.74, 6) is 0.0401. The lowest BCUT2D eigenvalue weighted by Crippen LogP contribution is -2.17. The molecule has 21 heavy (non-hydrogen) atoms. The van der Waals surface area contributed by atoms with Crippen molar-refractivity contribution in [1.82, 2.24) is 9.88 Å². The van der Waals surface area contributed by atoms with Crippen LogP contribution in [0.5, 0.6) is 0 Å². The molecule has 1 aromatic carbocycles. The highest BCUT2D eigenvalue weighted by molar-refractivity contribution is 5.95. The van der Waals surface area contributed by atoms with Gasteiger partial charge in [0.25, 0.3) is 0 Å². The summed E-state index contributed by atoms with van der Waals surface area (Å²) in [7, 11) is 4.16. The van der Waals surface area contributed by atoms with Crippen LogP contribution in [-0.4, -0.2) is 36.4 Å². The number of likely N-dealkylation sites (N-methyl/N-ethyl adjacent to an activating group) is 1. The second-order valence-electron chi connectivity index (χ2n) is 6.19. The van der Waals surface area contributed by atoms with E-state index in [0.717, 1.165) is 24.2 Å². The van der Waals surface area contributed by atoms with Gasteiger partial charge in [-0.05, 0) is 51.2 Å². The first kappa shape index (κ1) is 15.6. The molecular formula is C17H25N3O. The first-order chi connectivity index (χ1) is 9.88. The normalized spacial score (nSPS) is 11.6. The van der Waals surface area contributed by atoms with Gasteiger partial charge in [-0.3, -0.25) is 4.79 Å². The number of aryl methyl sites for hydroxylation is 1. The molecule has 114 valence electrons. The first-order valence-corrected chi connectivity index (χ1v) is 7.45. The van der Waals surface area contributed by atoms with Crippen molar-refractivity contribution in [2.45, 2.75) is 27.2 Å². The number of aromatic nitrogens is 1. The van der Waals surface area contributed by atoms with Gasteiger partial charge in [-0.15, -0.1) is 0 Å². The predicted octanol–water partition coefficient (Wildman–Crippen LogP) is 3.17. The highest BCUT2D eigenvalue weighted by Gasteiger charge is 2.11. The van der Waals surface area contributed by atoms with Gasteiger partial charge in [0.15, 0.2) is 0 Å². The topological polar surface area (TPSA) is 48.1 Å². The monoisotopic (exact) mass is 287 g/mol. The summed E-state index contributed by atoms with van der Waals surface area (Å²) < 4.78 is 0. The summed E-state index contributed by atoms with van der Waals surface area (Å²) >= 11 is 0. The van der Waals surface area contributed by atoms with Gasteiger partial charge in [-0.2, -0.15) is 0 Å².